The van der Waals surface area contributed by atoms with Crippen LogP contribution in [0.3, 0.4) is 0 Å². The Bertz CT molecular complexity index is 712. The van der Waals surface area contributed by atoms with Gasteiger partial charge in [-0.2, -0.15) is 0 Å². The third-order valence-electron chi connectivity index (χ3n) is 3.84. The normalized spacial score (nSPS) is 22.0. The summed E-state index contributed by atoms with van der Waals surface area (Å²) in [5.41, 5.74) is 5.89. The molecule has 1 aromatic rings. The summed E-state index contributed by atoms with van der Waals surface area (Å²) < 4.78 is 11.4. The van der Waals surface area contributed by atoms with Crippen molar-refractivity contribution in [3.8, 4) is 5.75 Å². The van der Waals surface area contributed by atoms with E-state index in [-0.39, 0.29) is 18.6 Å². The first kappa shape index (κ1) is 17.9. The number of thiocarbonyl (C=S) groups is 1. The number of primary amides is 1. The maximum absolute atomic E-state index is 12.6. The first-order valence-corrected chi connectivity index (χ1v) is 9.13. The van der Waals surface area contributed by atoms with E-state index in [4.69, 9.17) is 27.4 Å². The molecule has 2 aliphatic rings. The highest BCUT2D eigenvalue weighted by Crippen LogP contribution is 2.33. The number of thioether (sulfide) groups is 1. The van der Waals surface area contributed by atoms with Gasteiger partial charge in [0.25, 0.3) is 11.8 Å². The van der Waals surface area contributed by atoms with E-state index >= 15 is 0 Å². The maximum Gasteiger partial charge on any atom is 0.266 e. The second kappa shape index (κ2) is 7.99. The highest BCUT2D eigenvalue weighted by Gasteiger charge is 2.34. The van der Waals surface area contributed by atoms with Gasteiger partial charge in [0.2, 0.25) is 0 Å². The summed E-state index contributed by atoms with van der Waals surface area (Å²) in [6.07, 6.45) is 3.86. The molecule has 132 valence electrons. The van der Waals surface area contributed by atoms with Gasteiger partial charge in [-0.25, -0.2) is 0 Å². The zero-order chi connectivity index (χ0) is 17.8. The predicted octanol–water partition coefficient (Wildman–Crippen LogP) is 1.93. The molecule has 2 saturated heterocycles. The number of hydrogen-bond donors (Lipinski definition) is 1. The fourth-order valence-corrected chi connectivity index (χ4v) is 3.89. The Morgan fingerprint density at radius 2 is 2.20 bits per heavy atom. The largest absolute Gasteiger partial charge is 0.484 e. The Morgan fingerprint density at radius 1 is 1.44 bits per heavy atom. The van der Waals surface area contributed by atoms with Crippen LogP contribution in [0.5, 0.6) is 5.75 Å². The first-order chi connectivity index (χ1) is 12.0. The van der Waals surface area contributed by atoms with Crippen molar-refractivity contribution in [3.63, 3.8) is 0 Å². The highest BCUT2D eigenvalue weighted by atomic mass is 32.2. The average molecular weight is 378 g/mol. The second-order valence-electron chi connectivity index (χ2n) is 5.75. The quantitative estimate of drug-likeness (QED) is 0.602. The molecule has 2 fully saturated rings. The molecular weight excluding hydrogens is 360 g/mol. The van der Waals surface area contributed by atoms with E-state index < -0.39 is 5.91 Å². The van der Waals surface area contributed by atoms with Gasteiger partial charge in [0.15, 0.2) is 6.61 Å². The molecule has 8 heteroatoms. The molecule has 0 aliphatic carbocycles. The van der Waals surface area contributed by atoms with Crippen LogP contribution < -0.4 is 10.5 Å². The molecule has 6 nitrogen and oxygen atoms in total. The summed E-state index contributed by atoms with van der Waals surface area (Å²) in [6, 6.07) is 7.07. The summed E-state index contributed by atoms with van der Waals surface area (Å²) in [4.78, 5) is 25.5. The van der Waals surface area contributed by atoms with E-state index in [0.29, 0.717) is 21.5 Å². The van der Waals surface area contributed by atoms with Gasteiger partial charge in [-0.05, 0) is 36.6 Å². The van der Waals surface area contributed by atoms with Gasteiger partial charge in [-0.1, -0.05) is 36.1 Å². The first-order valence-electron chi connectivity index (χ1n) is 7.91. The number of carbonyl (C=O) groups is 2. The minimum Gasteiger partial charge on any atom is -0.484 e. The number of nitrogens with zero attached hydrogens (tertiary/aromatic N) is 1. The Labute approximate surface area is 155 Å². The minimum absolute atomic E-state index is 0.0727. The monoisotopic (exact) mass is 378 g/mol. The molecule has 2 N–H and O–H groups in total. The third-order valence-corrected chi connectivity index (χ3v) is 5.22. The Kier molecular flexibility index (Phi) is 5.72. The molecule has 1 aromatic carbocycles. The van der Waals surface area contributed by atoms with Crippen molar-refractivity contribution < 1.29 is 19.1 Å². The number of ether oxygens (including phenoxy) is 2. The Balaban J connectivity index is 1.65. The topological polar surface area (TPSA) is 81.9 Å². The second-order valence-corrected chi connectivity index (χ2v) is 7.43. The summed E-state index contributed by atoms with van der Waals surface area (Å²) >= 11 is 6.63. The Hall–Kier alpha value is -1.90. The minimum atomic E-state index is -0.529. The fraction of sp³-hybridized carbons (Fsp3) is 0.353. The van der Waals surface area contributed by atoms with Gasteiger partial charge in [0, 0.05) is 6.61 Å². The molecule has 1 atom stereocenters. The van der Waals surface area contributed by atoms with E-state index in [1.807, 2.05) is 12.1 Å². The summed E-state index contributed by atoms with van der Waals surface area (Å²) in [7, 11) is 0. The van der Waals surface area contributed by atoms with Gasteiger partial charge in [0.05, 0.1) is 17.6 Å². The van der Waals surface area contributed by atoms with E-state index in [9.17, 15) is 9.59 Å². The summed E-state index contributed by atoms with van der Waals surface area (Å²) in [6.45, 7) is 1.10. The van der Waals surface area contributed by atoms with Crippen LogP contribution in [-0.2, 0) is 14.3 Å². The molecule has 2 amide bonds. The molecule has 2 heterocycles. The van der Waals surface area contributed by atoms with Crippen LogP contribution in [0, 0.1) is 0 Å². The molecule has 0 bridgehead atoms. The van der Waals surface area contributed by atoms with Crippen LogP contribution in [0.25, 0.3) is 6.08 Å². The lowest BCUT2D eigenvalue weighted by Gasteiger charge is -2.18. The van der Waals surface area contributed by atoms with E-state index in [1.54, 1.807) is 23.1 Å². The average Bonchev–Trinajstić information content (AvgIpc) is 3.19. The number of rotatable bonds is 6. The van der Waals surface area contributed by atoms with Gasteiger partial charge in [-0.3, -0.25) is 14.5 Å². The van der Waals surface area contributed by atoms with Crippen LogP contribution in [0.15, 0.2) is 29.2 Å². The molecule has 0 spiro atoms. The molecule has 0 aromatic heterocycles. The van der Waals surface area contributed by atoms with Crippen molar-refractivity contribution in [1.82, 2.24) is 4.90 Å². The molecule has 0 radical (unpaired) electrons. The maximum atomic E-state index is 12.6. The number of benzene rings is 1. The van der Waals surface area contributed by atoms with Crippen molar-refractivity contribution in [2.45, 2.75) is 18.9 Å². The van der Waals surface area contributed by atoms with Gasteiger partial charge < -0.3 is 15.2 Å². The summed E-state index contributed by atoms with van der Waals surface area (Å²) in [5.74, 6) is -0.0690. The molecule has 0 saturated carbocycles. The Morgan fingerprint density at radius 3 is 2.84 bits per heavy atom. The molecular formula is C17H18N2O4S2. The van der Waals surface area contributed by atoms with Gasteiger partial charge in [0.1, 0.15) is 10.1 Å². The lowest BCUT2D eigenvalue weighted by Crippen LogP contribution is -2.35. The SMILES string of the molecule is NC(=O)COc1ccc(/C=C2\SC(=S)N(CC3CCCO3)C2=O)cc1. The van der Waals surface area contributed by atoms with Crippen LogP contribution in [0.1, 0.15) is 18.4 Å². The van der Waals surface area contributed by atoms with Crippen LogP contribution in [0.2, 0.25) is 0 Å². The third kappa shape index (κ3) is 4.59. The number of hydrogen-bond acceptors (Lipinski definition) is 6. The van der Waals surface area contributed by atoms with E-state index in [0.717, 1.165) is 25.0 Å². The molecule has 25 heavy (non-hydrogen) atoms. The van der Waals surface area contributed by atoms with Crippen molar-refractivity contribution in [2.24, 2.45) is 5.73 Å². The predicted molar refractivity (Wildman–Crippen MR) is 100.0 cm³/mol. The van der Waals surface area contributed by atoms with Crippen molar-refractivity contribution >= 4 is 46.2 Å². The summed E-state index contributed by atoms with van der Waals surface area (Å²) in [5, 5.41) is 0. The fourth-order valence-electron chi connectivity index (χ4n) is 2.62. The van der Waals surface area contributed by atoms with Crippen LogP contribution in [0.4, 0.5) is 0 Å². The van der Waals surface area contributed by atoms with E-state index in [1.165, 1.54) is 11.8 Å². The zero-order valence-corrected chi connectivity index (χ0v) is 15.1. The van der Waals surface area contributed by atoms with Crippen molar-refractivity contribution in [1.29, 1.82) is 0 Å². The number of carbonyl (C=O) groups excluding carboxylic acids is 2. The highest BCUT2D eigenvalue weighted by molar-refractivity contribution is 8.26. The standard InChI is InChI=1S/C17H18N2O4S2/c18-15(20)10-23-12-5-3-11(4-6-12)8-14-16(21)19(17(24)25-14)9-13-2-1-7-22-13/h3-6,8,13H,1-2,7,9-10H2,(H2,18,20)/b14-8-. The van der Waals surface area contributed by atoms with Crippen LogP contribution >= 0.6 is 24.0 Å². The smallest absolute Gasteiger partial charge is 0.266 e. The number of amides is 2. The van der Waals surface area contributed by atoms with E-state index in [2.05, 4.69) is 0 Å². The van der Waals surface area contributed by atoms with Gasteiger partial charge >= 0.3 is 0 Å². The molecule has 3 rings (SSSR count). The molecule has 1 unspecified atom stereocenters. The lowest BCUT2D eigenvalue weighted by molar-refractivity contribution is -0.123. The van der Waals surface area contributed by atoms with Crippen molar-refractivity contribution in [2.75, 3.05) is 19.8 Å². The lowest BCUT2D eigenvalue weighted by atomic mass is 10.2. The zero-order valence-electron chi connectivity index (χ0n) is 13.5. The van der Waals surface area contributed by atoms with Crippen LogP contribution in [-0.4, -0.2) is 46.9 Å². The van der Waals surface area contributed by atoms with Crippen molar-refractivity contribution in [3.05, 3.63) is 34.7 Å². The molecule has 2 aliphatic heterocycles. The van der Waals surface area contributed by atoms with Gasteiger partial charge in [-0.15, -0.1) is 0 Å². The number of nitrogens with two attached hydrogens (primary N) is 1.